The van der Waals surface area contributed by atoms with Gasteiger partial charge in [-0.3, -0.25) is 0 Å². The molecule has 1 heterocycles. The van der Waals surface area contributed by atoms with Crippen LogP contribution in [0.15, 0.2) is 36.4 Å². The summed E-state index contributed by atoms with van der Waals surface area (Å²) in [6.45, 7) is 4.07. The molecule has 0 spiro atoms. The monoisotopic (exact) mass is 299 g/mol. The van der Waals surface area contributed by atoms with Gasteiger partial charge in [-0.1, -0.05) is 17.7 Å². The van der Waals surface area contributed by atoms with E-state index in [9.17, 15) is 0 Å². The second-order valence-corrected chi connectivity index (χ2v) is 5.43. The molecule has 0 aliphatic heterocycles. The summed E-state index contributed by atoms with van der Waals surface area (Å²) in [6.07, 6.45) is 0. The SMILES string of the molecule is Cc1cc(C)cc(-n2nnnc2-c2cc(Cl)ccc2N)c1. The Balaban J connectivity index is 2.19. The number of anilines is 1. The third kappa shape index (κ3) is 2.60. The van der Waals surface area contributed by atoms with Gasteiger partial charge in [0.25, 0.3) is 0 Å². The molecule has 5 nitrogen and oxygen atoms in total. The van der Waals surface area contributed by atoms with E-state index in [1.165, 1.54) is 0 Å². The maximum absolute atomic E-state index is 6.05. The first-order valence-electron chi connectivity index (χ1n) is 6.47. The van der Waals surface area contributed by atoms with Crippen LogP contribution in [-0.2, 0) is 0 Å². The van der Waals surface area contributed by atoms with Crippen molar-refractivity contribution in [3.8, 4) is 17.1 Å². The molecular weight excluding hydrogens is 286 g/mol. The quantitative estimate of drug-likeness (QED) is 0.738. The molecule has 2 aromatic carbocycles. The minimum absolute atomic E-state index is 0.569. The maximum atomic E-state index is 6.05. The molecule has 0 aliphatic carbocycles. The zero-order chi connectivity index (χ0) is 15.0. The fourth-order valence-corrected chi connectivity index (χ4v) is 2.50. The molecule has 0 saturated carbocycles. The van der Waals surface area contributed by atoms with Crippen LogP contribution in [0.3, 0.4) is 0 Å². The number of nitrogens with two attached hydrogens (primary N) is 1. The Kier molecular flexibility index (Phi) is 3.35. The van der Waals surface area contributed by atoms with Gasteiger partial charge in [0.2, 0.25) is 0 Å². The molecule has 3 rings (SSSR count). The first-order chi connectivity index (χ1) is 10.0. The summed E-state index contributed by atoms with van der Waals surface area (Å²) >= 11 is 6.05. The summed E-state index contributed by atoms with van der Waals surface area (Å²) in [7, 11) is 0. The molecule has 0 amide bonds. The lowest BCUT2D eigenvalue weighted by molar-refractivity contribution is 0.790. The summed E-state index contributed by atoms with van der Waals surface area (Å²) in [5, 5.41) is 12.5. The Bertz CT molecular complexity index is 789. The summed E-state index contributed by atoms with van der Waals surface area (Å²) < 4.78 is 1.67. The topological polar surface area (TPSA) is 69.6 Å². The highest BCUT2D eigenvalue weighted by Crippen LogP contribution is 2.28. The fraction of sp³-hybridized carbons (Fsp3) is 0.133. The highest BCUT2D eigenvalue weighted by atomic mass is 35.5. The Morgan fingerprint density at radius 3 is 2.48 bits per heavy atom. The molecular formula is C15H14ClN5. The standard InChI is InChI=1S/C15H14ClN5/c1-9-5-10(2)7-12(6-9)21-15(18-19-20-21)13-8-11(16)3-4-14(13)17/h3-8H,17H2,1-2H3. The van der Waals surface area contributed by atoms with Crippen molar-refractivity contribution in [3.63, 3.8) is 0 Å². The van der Waals surface area contributed by atoms with E-state index in [1.807, 2.05) is 26.0 Å². The van der Waals surface area contributed by atoms with Gasteiger partial charge in [0.15, 0.2) is 5.82 Å². The second kappa shape index (κ2) is 5.18. The fourth-order valence-electron chi connectivity index (χ4n) is 2.32. The van der Waals surface area contributed by atoms with E-state index in [0.717, 1.165) is 16.8 Å². The maximum Gasteiger partial charge on any atom is 0.189 e. The molecule has 0 atom stereocenters. The molecule has 0 aliphatic rings. The highest BCUT2D eigenvalue weighted by molar-refractivity contribution is 6.31. The number of nitrogens with zero attached hydrogens (tertiary/aromatic N) is 4. The highest BCUT2D eigenvalue weighted by Gasteiger charge is 2.14. The number of halogens is 1. The van der Waals surface area contributed by atoms with Gasteiger partial charge in [-0.15, -0.1) is 5.10 Å². The van der Waals surface area contributed by atoms with E-state index in [4.69, 9.17) is 17.3 Å². The van der Waals surface area contributed by atoms with Gasteiger partial charge in [-0.05, 0) is 65.7 Å². The first-order valence-corrected chi connectivity index (χ1v) is 6.85. The van der Waals surface area contributed by atoms with E-state index in [1.54, 1.807) is 22.9 Å². The molecule has 6 heteroatoms. The average molecular weight is 300 g/mol. The number of benzene rings is 2. The number of aromatic nitrogens is 4. The molecule has 0 fully saturated rings. The van der Waals surface area contributed by atoms with E-state index in [0.29, 0.717) is 22.1 Å². The van der Waals surface area contributed by atoms with Crippen LogP contribution >= 0.6 is 11.6 Å². The smallest absolute Gasteiger partial charge is 0.189 e. The van der Waals surface area contributed by atoms with Crippen LogP contribution in [0.2, 0.25) is 5.02 Å². The van der Waals surface area contributed by atoms with Gasteiger partial charge >= 0.3 is 0 Å². The molecule has 1 aromatic heterocycles. The van der Waals surface area contributed by atoms with Crippen molar-refractivity contribution >= 4 is 17.3 Å². The Hall–Kier alpha value is -2.40. The minimum Gasteiger partial charge on any atom is -0.398 e. The molecule has 0 radical (unpaired) electrons. The van der Waals surface area contributed by atoms with Crippen molar-refractivity contribution in [1.29, 1.82) is 0 Å². The van der Waals surface area contributed by atoms with Crippen LogP contribution in [0.4, 0.5) is 5.69 Å². The minimum atomic E-state index is 0.569. The molecule has 3 aromatic rings. The van der Waals surface area contributed by atoms with Crippen LogP contribution in [-0.4, -0.2) is 20.2 Å². The summed E-state index contributed by atoms with van der Waals surface area (Å²) in [4.78, 5) is 0. The molecule has 106 valence electrons. The van der Waals surface area contributed by atoms with E-state index >= 15 is 0 Å². The van der Waals surface area contributed by atoms with Crippen LogP contribution in [0, 0.1) is 13.8 Å². The van der Waals surface area contributed by atoms with Crippen molar-refractivity contribution in [2.45, 2.75) is 13.8 Å². The van der Waals surface area contributed by atoms with Gasteiger partial charge in [-0.2, -0.15) is 4.68 Å². The zero-order valence-corrected chi connectivity index (χ0v) is 12.5. The summed E-state index contributed by atoms with van der Waals surface area (Å²) in [6, 6.07) is 11.4. The van der Waals surface area contributed by atoms with Crippen molar-refractivity contribution in [1.82, 2.24) is 20.2 Å². The largest absolute Gasteiger partial charge is 0.398 e. The van der Waals surface area contributed by atoms with E-state index in [2.05, 4.69) is 21.6 Å². The van der Waals surface area contributed by atoms with Crippen LogP contribution in [0.1, 0.15) is 11.1 Å². The molecule has 2 N–H and O–H groups in total. The van der Waals surface area contributed by atoms with Crippen molar-refractivity contribution in [3.05, 3.63) is 52.5 Å². The lowest BCUT2D eigenvalue weighted by atomic mass is 10.1. The van der Waals surface area contributed by atoms with Crippen molar-refractivity contribution in [2.75, 3.05) is 5.73 Å². The number of tetrazole rings is 1. The zero-order valence-electron chi connectivity index (χ0n) is 11.7. The predicted molar refractivity (Wildman–Crippen MR) is 83.5 cm³/mol. The third-order valence-electron chi connectivity index (χ3n) is 3.18. The Labute approximate surface area is 127 Å². The lowest BCUT2D eigenvalue weighted by Crippen LogP contribution is -2.02. The normalized spacial score (nSPS) is 10.8. The summed E-state index contributed by atoms with van der Waals surface area (Å²) in [5.41, 5.74) is 10.5. The number of hydrogen-bond acceptors (Lipinski definition) is 4. The number of rotatable bonds is 2. The lowest BCUT2D eigenvalue weighted by Gasteiger charge is -2.09. The van der Waals surface area contributed by atoms with Crippen molar-refractivity contribution < 1.29 is 0 Å². The second-order valence-electron chi connectivity index (χ2n) is 4.99. The molecule has 21 heavy (non-hydrogen) atoms. The molecule has 0 saturated heterocycles. The molecule has 0 bridgehead atoms. The number of nitrogen functional groups attached to an aromatic ring is 1. The van der Waals surface area contributed by atoms with E-state index in [-0.39, 0.29) is 0 Å². The number of hydrogen-bond donors (Lipinski definition) is 1. The van der Waals surface area contributed by atoms with Crippen LogP contribution < -0.4 is 5.73 Å². The van der Waals surface area contributed by atoms with Gasteiger partial charge in [0.1, 0.15) is 0 Å². The van der Waals surface area contributed by atoms with E-state index < -0.39 is 0 Å². The van der Waals surface area contributed by atoms with Gasteiger partial charge < -0.3 is 5.73 Å². The van der Waals surface area contributed by atoms with Gasteiger partial charge in [0, 0.05) is 16.3 Å². The summed E-state index contributed by atoms with van der Waals surface area (Å²) in [5.74, 6) is 0.569. The van der Waals surface area contributed by atoms with Gasteiger partial charge in [0.05, 0.1) is 5.69 Å². The van der Waals surface area contributed by atoms with Crippen LogP contribution in [0.25, 0.3) is 17.1 Å². The third-order valence-corrected chi connectivity index (χ3v) is 3.41. The Morgan fingerprint density at radius 2 is 1.76 bits per heavy atom. The first kappa shape index (κ1) is 13.6. The Morgan fingerprint density at radius 1 is 1.05 bits per heavy atom. The van der Waals surface area contributed by atoms with Crippen molar-refractivity contribution in [2.24, 2.45) is 0 Å². The average Bonchev–Trinajstić information content (AvgIpc) is 2.89. The predicted octanol–water partition coefficient (Wildman–Crippen LogP) is 3.18. The van der Waals surface area contributed by atoms with Crippen LogP contribution in [0.5, 0.6) is 0 Å². The number of aryl methyl sites for hydroxylation is 2. The molecule has 0 unspecified atom stereocenters. The van der Waals surface area contributed by atoms with Gasteiger partial charge in [-0.25, -0.2) is 0 Å².